The van der Waals surface area contributed by atoms with Crippen LogP contribution in [0.15, 0.2) is 23.3 Å². The number of hydrogen-bond donors (Lipinski definition) is 2. The van der Waals surface area contributed by atoms with Gasteiger partial charge in [-0.2, -0.15) is 10.4 Å². The molecule has 0 aliphatic rings. The first-order valence-corrected chi connectivity index (χ1v) is 5.06. The summed E-state index contributed by atoms with van der Waals surface area (Å²) >= 11 is 4.66. The van der Waals surface area contributed by atoms with E-state index in [1.54, 1.807) is 0 Å². The van der Waals surface area contributed by atoms with E-state index < -0.39 is 0 Å². The van der Waals surface area contributed by atoms with E-state index in [0.29, 0.717) is 0 Å². The molecule has 82 valence electrons. The summed E-state index contributed by atoms with van der Waals surface area (Å²) in [6.07, 6.45) is 0. The van der Waals surface area contributed by atoms with Gasteiger partial charge in [-0.25, -0.2) is 0 Å². The van der Waals surface area contributed by atoms with Crippen molar-refractivity contribution in [1.29, 1.82) is 5.26 Å². The van der Waals surface area contributed by atoms with E-state index in [4.69, 9.17) is 11.0 Å². The third kappa shape index (κ3) is 3.04. The summed E-state index contributed by atoms with van der Waals surface area (Å²) in [5.74, 6) is 0. The van der Waals surface area contributed by atoms with Gasteiger partial charge in [-0.05, 0) is 37.1 Å². The molecule has 16 heavy (non-hydrogen) atoms. The Hall–Kier alpha value is -1.93. The van der Waals surface area contributed by atoms with Gasteiger partial charge in [-0.1, -0.05) is 18.3 Å². The summed E-state index contributed by atoms with van der Waals surface area (Å²) in [5, 5.41) is 12.5. The molecule has 0 saturated carbocycles. The van der Waals surface area contributed by atoms with Crippen LogP contribution in [0.4, 0.5) is 5.69 Å². The van der Waals surface area contributed by atoms with Crippen LogP contribution in [0.3, 0.4) is 0 Å². The average molecular weight is 232 g/mol. The molecule has 0 aromatic heterocycles. The molecule has 1 rings (SSSR count). The summed E-state index contributed by atoms with van der Waals surface area (Å²) in [4.78, 5) is -0.0150. The number of hydrogen-bond acceptors (Lipinski definition) is 4. The van der Waals surface area contributed by atoms with Gasteiger partial charge in [0.2, 0.25) is 0 Å². The van der Waals surface area contributed by atoms with E-state index in [-0.39, 0.29) is 10.7 Å². The average Bonchev–Trinajstić information content (AvgIpc) is 2.23. The Bertz CT molecular complexity index is 485. The lowest BCUT2D eigenvalue weighted by atomic mass is 10.1. The summed E-state index contributed by atoms with van der Waals surface area (Å²) in [5.41, 5.74) is 11.2. The number of aryl methyl sites for hydroxylation is 2. The van der Waals surface area contributed by atoms with Crippen LogP contribution in [0, 0.1) is 25.2 Å². The predicted octanol–water partition coefficient (Wildman–Crippen LogP) is 1.88. The third-order valence-electron chi connectivity index (χ3n) is 2.14. The Kier molecular flexibility index (Phi) is 3.97. The molecule has 0 amide bonds. The first-order valence-electron chi connectivity index (χ1n) is 4.65. The van der Waals surface area contributed by atoms with Crippen LogP contribution in [-0.4, -0.2) is 10.7 Å². The second kappa shape index (κ2) is 5.24. The molecule has 0 heterocycles. The molecule has 0 saturated heterocycles. The van der Waals surface area contributed by atoms with Crippen LogP contribution in [-0.2, 0) is 0 Å². The van der Waals surface area contributed by atoms with Gasteiger partial charge >= 0.3 is 0 Å². The van der Waals surface area contributed by atoms with Gasteiger partial charge in [0, 0.05) is 0 Å². The van der Waals surface area contributed by atoms with Gasteiger partial charge < -0.3 is 5.73 Å². The minimum Gasteiger partial charge on any atom is -0.387 e. The van der Waals surface area contributed by atoms with Gasteiger partial charge in [-0.3, -0.25) is 5.43 Å². The first kappa shape index (κ1) is 12.1. The third-order valence-corrected chi connectivity index (χ3v) is 2.34. The van der Waals surface area contributed by atoms with Gasteiger partial charge in [0.1, 0.15) is 11.1 Å². The lowest BCUT2D eigenvalue weighted by Gasteiger charge is -2.04. The molecule has 0 bridgehead atoms. The van der Waals surface area contributed by atoms with Crippen molar-refractivity contribution in [2.24, 2.45) is 10.8 Å². The zero-order valence-corrected chi connectivity index (χ0v) is 9.93. The zero-order valence-electron chi connectivity index (χ0n) is 9.11. The molecule has 3 N–H and O–H groups in total. The van der Waals surface area contributed by atoms with Crippen LogP contribution in [0.25, 0.3) is 0 Å². The first-order chi connectivity index (χ1) is 7.54. The van der Waals surface area contributed by atoms with E-state index in [2.05, 4.69) is 22.7 Å². The normalized spacial score (nSPS) is 10.7. The molecule has 0 aliphatic heterocycles. The highest BCUT2D eigenvalue weighted by atomic mass is 32.1. The molecule has 0 unspecified atom stereocenters. The topological polar surface area (TPSA) is 74.2 Å². The molecule has 0 spiro atoms. The van der Waals surface area contributed by atoms with Crippen molar-refractivity contribution in [1.82, 2.24) is 0 Å². The fourth-order valence-electron chi connectivity index (χ4n) is 1.07. The molecule has 1 aromatic carbocycles. The fraction of sp³-hybridized carbons (Fsp3) is 0.182. The minimum atomic E-state index is -0.0150. The van der Waals surface area contributed by atoms with Crippen LogP contribution in [0.5, 0.6) is 0 Å². The van der Waals surface area contributed by atoms with E-state index >= 15 is 0 Å². The van der Waals surface area contributed by atoms with Crippen molar-refractivity contribution in [3.05, 3.63) is 29.3 Å². The lowest BCUT2D eigenvalue weighted by Crippen LogP contribution is -2.20. The maximum atomic E-state index is 8.68. The smallest absolute Gasteiger partial charge is 0.194 e. The minimum absolute atomic E-state index is 0.0150. The lowest BCUT2D eigenvalue weighted by molar-refractivity contribution is 1.29. The van der Waals surface area contributed by atoms with E-state index in [0.717, 1.165) is 11.3 Å². The Balaban J connectivity index is 2.86. The molecular weight excluding hydrogens is 220 g/mol. The molecule has 1 aromatic rings. The number of nitrogens with one attached hydrogen (secondary N) is 1. The van der Waals surface area contributed by atoms with Crippen molar-refractivity contribution >= 4 is 28.6 Å². The summed E-state index contributed by atoms with van der Waals surface area (Å²) in [7, 11) is 0. The molecule has 4 nitrogen and oxygen atoms in total. The monoisotopic (exact) mass is 232 g/mol. The highest BCUT2D eigenvalue weighted by Crippen LogP contribution is 2.13. The van der Waals surface area contributed by atoms with Crippen molar-refractivity contribution in [2.45, 2.75) is 13.8 Å². The Morgan fingerprint density at radius 3 is 2.62 bits per heavy atom. The SMILES string of the molecule is Cc1ccc(N/N=C(\C#N)C(N)=S)cc1C. The molecule has 0 radical (unpaired) electrons. The maximum absolute atomic E-state index is 8.68. The van der Waals surface area contributed by atoms with E-state index in [1.165, 1.54) is 5.56 Å². The molecule has 0 atom stereocenters. The highest BCUT2D eigenvalue weighted by Gasteiger charge is 2.00. The number of nitrogens with two attached hydrogens (primary N) is 1. The quantitative estimate of drug-likeness (QED) is 0.474. The summed E-state index contributed by atoms with van der Waals surface area (Å²) < 4.78 is 0. The zero-order chi connectivity index (χ0) is 12.1. The Labute approximate surface area is 99.8 Å². The number of thiocarbonyl (C=S) groups is 1. The van der Waals surface area contributed by atoms with Gasteiger partial charge in [0.25, 0.3) is 0 Å². The van der Waals surface area contributed by atoms with Crippen LogP contribution in [0.2, 0.25) is 0 Å². The number of nitrogens with zero attached hydrogens (tertiary/aromatic N) is 2. The van der Waals surface area contributed by atoms with Crippen LogP contribution in [0.1, 0.15) is 11.1 Å². The van der Waals surface area contributed by atoms with Crippen molar-refractivity contribution in [2.75, 3.05) is 5.43 Å². The van der Waals surface area contributed by atoms with Crippen molar-refractivity contribution in [3.8, 4) is 6.07 Å². The largest absolute Gasteiger partial charge is 0.387 e. The summed E-state index contributed by atoms with van der Waals surface area (Å²) in [6, 6.07) is 7.60. The molecular formula is C11H12N4S. The van der Waals surface area contributed by atoms with E-state index in [9.17, 15) is 0 Å². The molecule has 0 aliphatic carbocycles. The van der Waals surface area contributed by atoms with Crippen LogP contribution >= 0.6 is 12.2 Å². The number of hydrazone groups is 1. The Morgan fingerprint density at radius 1 is 1.44 bits per heavy atom. The molecule has 5 heteroatoms. The number of anilines is 1. The van der Waals surface area contributed by atoms with Gasteiger partial charge in [0.05, 0.1) is 5.69 Å². The van der Waals surface area contributed by atoms with Gasteiger partial charge in [0.15, 0.2) is 5.71 Å². The molecule has 0 fully saturated rings. The van der Waals surface area contributed by atoms with Crippen LogP contribution < -0.4 is 11.2 Å². The standard InChI is InChI=1S/C11H12N4S/c1-7-3-4-9(5-8(7)2)14-15-10(6-12)11(13)16/h3-5,14H,1-2H3,(H2,13,16)/b15-10+. The number of rotatable bonds is 3. The predicted molar refractivity (Wildman–Crippen MR) is 69.4 cm³/mol. The fourth-order valence-corrected chi connectivity index (χ4v) is 1.16. The highest BCUT2D eigenvalue weighted by molar-refractivity contribution is 7.82. The van der Waals surface area contributed by atoms with Crippen molar-refractivity contribution < 1.29 is 0 Å². The second-order valence-electron chi connectivity index (χ2n) is 3.35. The number of benzene rings is 1. The number of nitriles is 1. The Morgan fingerprint density at radius 2 is 2.12 bits per heavy atom. The van der Waals surface area contributed by atoms with E-state index in [1.807, 2.05) is 38.1 Å². The second-order valence-corrected chi connectivity index (χ2v) is 3.79. The summed E-state index contributed by atoms with van der Waals surface area (Å²) in [6.45, 7) is 4.03. The maximum Gasteiger partial charge on any atom is 0.194 e. The van der Waals surface area contributed by atoms with Gasteiger partial charge in [-0.15, -0.1) is 0 Å². The van der Waals surface area contributed by atoms with Crippen molar-refractivity contribution in [3.63, 3.8) is 0 Å².